The van der Waals surface area contributed by atoms with Crippen LogP contribution in [0, 0.1) is 22.7 Å². The molecule has 0 bridgehead atoms. The van der Waals surface area contributed by atoms with Crippen LogP contribution in [0.1, 0.15) is 107 Å². The van der Waals surface area contributed by atoms with Gasteiger partial charge in [0, 0.05) is 34.1 Å². The van der Waals surface area contributed by atoms with E-state index in [1.807, 2.05) is 41.5 Å². The van der Waals surface area contributed by atoms with Crippen LogP contribution in [0.2, 0.25) is 0 Å². The van der Waals surface area contributed by atoms with Crippen molar-refractivity contribution in [2.75, 3.05) is 45.5 Å². The van der Waals surface area contributed by atoms with Gasteiger partial charge in [0.15, 0.2) is 40.5 Å². The average molecular weight is 1370 g/mol. The highest BCUT2D eigenvalue weighted by Gasteiger charge is 2.56. The second-order valence-corrected chi connectivity index (χ2v) is 30.3. The molecule has 34 heteroatoms. The maximum absolute atomic E-state index is 15.7. The Morgan fingerprint density at radius 3 is 1.72 bits per heavy atom. The third-order valence-corrected chi connectivity index (χ3v) is 19.3. The van der Waals surface area contributed by atoms with Crippen molar-refractivity contribution in [3.05, 3.63) is 85.2 Å². The van der Waals surface area contributed by atoms with Gasteiger partial charge in [0.25, 0.3) is 0 Å². The van der Waals surface area contributed by atoms with Crippen LogP contribution in [-0.4, -0.2) is 163 Å². The first-order valence-electron chi connectivity index (χ1n) is 30.8. The Balaban J connectivity index is 0.943. The highest BCUT2D eigenvalue weighted by atomic mass is 31.2. The van der Waals surface area contributed by atoms with Gasteiger partial charge < -0.3 is 69.4 Å². The molecule has 8 heterocycles. The molecule has 2 aromatic carbocycles. The van der Waals surface area contributed by atoms with Crippen molar-refractivity contribution in [3.8, 4) is 23.3 Å². The number of fused-ring (bicyclic) bond motifs is 4. The molecule has 10 rings (SSSR count). The summed E-state index contributed by atoms with van der Waals surface area (Å²) >= 11 is 0. The molecule has 0 amide bonds. The monoisotopic (exact) mass is 1370 g/mol. The van der Waals surface area contributed by atoms with Gasteiger partial charge in [0.2, 0.25) is 23.7 Å². The molecule has 2 aliphatic heterocycles. The largest absolute Gasteiger partial charge is 0.479 e. The van der Waals surface area contributed by atoms with Crippen molar-refractivity contribution in [2.24, 2.45) is 22.7 Å². The molecule has 6 aromatic heterocycles. The number of methoxy groups -OCH3 is 2. The number of nitrogens with two attached hydrogens (primary N) is 2. The number of carbonyl (C=O) groups is 2. The van der Waals surface area contributed by atoms with Gasteiger partial charge in [-0.1, -0.05) is 87.4 Å². The molecule has 96 heavy (non-hydrogen) atoms. The number of anilines is 2. The number of nitrogens with zero attached hydrogens (tertiary/aromatic N) is 10. The summed E-state index contributed by atoms with van der Waals surface area (Å²) in [6.07, 6.45) is -4.46. The fraction of sp³-hybridized carbons (Fsp3) is 0.516. The smallest absolute Gasteiger partial charge is 0.459 e. The number of aromatic nitrogens is 10. The Morgan fingerprint density at radius 1 is 0.677 bits per heavy atom. The van der Waals surface area contributed by atoms with Crippen LogP contribution in [0.3, 0.4) is 0 Å². The molecular weight excluding hydrogens is 1290 g/mol. The minimum Gasteiger partial charge on any atom is -0.479 e. The summed E-state index contributed by atoms with van der Waals surface area (Å²) in [4.78, 5) is 63.5. The van der Waals surface area contributed by atoms with Gasteiger partial charge in [-0.05, 0) is 67.5 Å². The summed E-state index contributed by atoms with van der Waals surface area (Å²) in [5.74, 6) is -3.27. The van der Waals surface area contributed by atoms with Crippen LogP contribution in [0.15, 0.2) is 79.6 Å². The number of para-hydroxylation sites is 1. The molecule has 0 aliphatic carbocycles. The third-order valence-electron chi connectivity index (χ3n) is 16.2. The molecule has 0 saturated carbocycles. The number of benzene rings is 2. The Morgan fingerprint density at radius 2 is 1.21 bits per heavy atom. The van der Waals surface area contributed by atoms with Crippen molar-refractivity contribution in [3.63, 3.8) is 0 Å². The van der Waals surface area contributed by atoms with Crippen molar-refractivity contribution in [1.29, 1.82) is 0 Å². The summed E-state index contributed by atoms with van der Waals surface area (Å²) in [6.45, 7) is 19.1. The second-order valence-electron chi connectivity index (χ2n) is 27.0. The number of ether oxygens (including phenoxy) is 6. The Bertz CT molecular complexity index is 4270. The van der Waals surface area contributed by atoms with E-state index in [1.165, 1.54) is 68.2 Å². The van der Waals surface area contributed by atoms with E-state index in [4.69, 9.17) is 58.0 Å². The predicted octanol–water partition coefficient (Wildman–Crippen LogP) is 6.82. The van der Waals surface area contributed by atoms with Gasteiger partial charge in [0.1, 0.15) is 65.1 Å². The van der Waals surface area contributed by atoms with Gasteiger partial charge in [-0.15, -0.1) is 0 Å². The number of aliphatic hydroxyl groups excluding tert-OH is 2. The van der Waals surface area contributed by atoms with Crippen molar-refractivity contribution < 1.29 is 85.7 Å². The number of pyridine rings is 2. The lowest BCUT2D eigenvalue weighted by atomic mass is 9.83. The van der Waals surface area contributed by atoms with Crippen molar-refractivity contribution >= 4 is 83.5 Å². The normalized spacial score (nSPS) is 23.9. The number of hydrogen-bond acceptors (Lipinski definition) is 28. The summed E-state index contributed by atoms with van der Waals surface area (Å²) < 4.78 is 94.4. The standard InChI is InChI=1S/C62H82N14O18P2/c1-31(2)41(53(79)87-28-59(5,6)7)73-96(84,89-27-40-47(78)62(12,82)56(91-40)76-30-68-45-50(76)70-58(64)72-52(45)86-14)94-38-19-15-18-35-36(22-24-66-43(35)38)48(60(8,9)10)92-54(80)42(32(3)4)74-95(83,93-34-20-21-37-33(25-34)17-16-23-65-37)88-26-39-46(77)61(11,81)55(90-39)75-29-67-44-49(75)69-57(63)71-51(44)85-13/h15-25,29-32,39-42,46-48,55-56,77-78,81-82H,26-28H2,1-14H3,(H,73,84)(H,74,83)(H2,63,69,71)(H2,64,70,72). The zero-order valence-corrected chi connectivity index (χ0v) is 57.3. The fourth-order valence-corrected chi connectivity index (χ4v) is 14.5. The molecule has 13 atom stereocenters. The number of hydrogen-bond donors (Lipinski definition) is 8. The van der Waals surface area contributed by atoms with Crippen molar-refractivity contribution in [1.82, 2.24) is 59.2 Å². The predicted molar refractivity (Wildman–Crippen MR) is 348 cm³/mol. The first-order valence-corrected chi connectivity index (χ1v) is 33.9. The van der Waals surface area contributed by atoms with Gasteiger partial charge in [-0.3, -0.25) is 37.7 Å². The SMILES string of the molecule is COc1nc(N)nc2c1ncn2C1OC(COP(=O)(NC(C(=O)OC(c2ccnc3c(OP(=O)(NC(C(=O)OCC(C)(C)C)C(C)C)OCC4OC(n5cnc6c(OC)nc(N)nc65)C(C)(O)C4O)cccc23)C(C)(C)C)C(C)C)Oc2ccc3ncccc3c2)C(O)C1(C)O. The fourth-order valence-electron chi connectivity index (χ4n) is 11.1. The summed E-state index contributed by atoms with van der Waals surface area (Å²) in [5, 5.41) is 53.8. The molecule has 13 unspecified atom stereocenters. The van der Waals surface area contributed by atoms with Gasteiger partial charge in [-0.25, -0.2) is 19.1 Å². The number of carbonyl (C=O) groups excluding carboxylic acids is 2. The van der Waals surface area contributed by atoms with E-state index in [-0.39, 0.29) is 69.6 Å². The molecule has 2 aliphatic rings. The number of esters is 2. The third kappa shape index (κ3) is 14.7. The Kier molecular flexibility index (Phi) is 20.1. The lowest BCUT2D eigenvalue weighted by Crippen LogP contribution is -2.45. The van der Waals surface area contributed by atoms with Crippen LogP contribution in [0.25, 0.3) is 44.1 Å². The van der Waals surface area contributed by atoms with Crippen LogP contribution in [-0.2, 0) is 46.7 Å². The van der Waals surface area contributed by atoms with Crippen LogP contribution >= 0.6 is 15.5 Å². The van der Waals surface area contributed by atoms with Crippen molar-refractivity contribution in [2.45, 2.75) is 149 Å². The topological polar surface area (TPSA) is 431 Å². The maximum Gasteiger partial charge on any atom is 0.459 e. The highest BCUT2D eigenvalue weighted by Crippen LogP contribution is 2.52. The molecule has 32 nitrogen and oxygen atoms in total. The first-order chi connectivity index (χ1) is 45.0. The Hall–Kier alpha value is -7.84. The van der Waals surface area contributed by atoms with Gasteiger partial charge >= 0.3 is 27.4 Å². The average Bonchev–Trinajstić information content (AvgIpc) is 1.60. The summed E-state index contributed by atoms with van der Waals surface area (Å²) in [5.41, 5.74) is 8.16. The first kappa shape index (κ1) is 70.9. The van der Waals surface area contributed by atoms with Gasteiger partial charge in [0.05, 0.1) is 52.2 Å². The molecule has 518 valence electrons. The Labute approximate surface area is 552 Å². The quantitative estimate of drug-likeness (QED) is 0.0215. The van der Waals surface area contributed by atoms with E-state index in [0.29, 0.717) is 21.9 Å². The van der Waals surface area contributed by atoms with E-state index >= 15 is 13.9 Å². The summed E-state index contributed by atoms with van der Waals surface area (Å²) in [7, 11) is -6.97. The van der Waals surface area contributed by atoms with E-state index in [9.17, 15) is 25.2 Å². The number of rotatable bonds is 25. The molecule has 0 spiro atoms. The molecule has 0 radical (unpaired) electrons. The molecule has 8 aromatic rings. The molecule has 10 N–H and O–H groups in total. The molecular formula is C62H82N14O18P2. The van der Waals surface area contributed by atoms with Crippen LogP contribution < -0.4 is 40.2 Å². The van der Waals surface area contributed by atoms with E-state index < -0.39 is 130 Å². The number of nitrogens with one attached hydrogen (secondary N) is 2. The van der Waals surface area contributed by atoms with E-state index in [1.54, 1.807) is 76.4 Å². The van der Waals surface area contributed by atoms with Crippen LogP contribution in [0.4, 0.5) is 11.9 Å². The number of nitrogen functional groups attached to an aromatic ring is 2. The number of imidazole rings is 2. The summed E-state index contributed by atoms with van der Waals surface area (Å²) in [6, 6.07) is 11.8. The molecule has 2 fully saturated rings. The number of aliphatic hydroxyl groups is 4. The molecule has 2 saturated heterocycles. The highest BCUT2D eigenvalue weighted by molar-refractivity contribution is 7.52. The maximum atomic E-state index is 15.7. The zero-order chi connectivity index (χ0) is 69.8. The lowest BCUT2D eigenvalue weighted by molar-refractivity contribution is -0.158. The second kappa shape index (κ2) is 27.2. The van der Waals surface area contributed by atoms with E-state index in [2.05, 4.69) is 50.0 Å². The lowest BCUT2D eigenvalue weighted by Gasteiger charge is -2.34. The van der Waals surface area contributed by atoms with Crippen LogP contribution in [0.5, 0.6) is 23.3 Å². The minimum atomic E-state index is -4.89. The zero-order valence-electron chi connectivity index (χ0n) is 55.5. The van der Waals surface area contributed by atoms with Gasteiger partial charge in [-0.2, -0.15) is 30.1 Å². The minimum absolute atomic E-state index is 0.00400. The van der Waals surface area contributed by atoms with E-state index in [0.717, 1.165) is 0 Å².